The predicted molar refractivity (Wildman–Crippen MR) is 133 cm³/mol. The molecule has 15 heteroatoms. The molecule has 1 amide bonds. The zero-order chi connectivity index (χ0) is 28.4. The van der Waals surface area contributed by atoms with Crippen molar-refractivity contribution >= 4 is 40.7 Å². The number of hydrogen-bond donors (Lipinski definition) is 1. The molecule has 1 aliphatic rings. The first-order valence-electron chi connectivity index (χ1n) is 12.6. The average molecular weight is 695 g/mol. The summed E-state index contributed by atoms with van der Waals surface area (Å²) in [7, 11) is 0. The number of aliphatic carboxylic acids is 3. The maximum Gasteiger partial charge on any atom is 3.00 e. The van der Waals surface area contributed by atoms with Crippen LogP contribution in [0.3, 0.4) is 0 Å². The fraction of sp³-hybridized carbons (Fsp3) is 0.520. The zero-order valence-electron chi connectivity index (χ0n) is 22.2. The number of pyridine rings is 2. The Morgan fingerprint density at radius 3 is 1.55 bits per heavy atom. The van der Waals surface area contributed by atoms with Gasteiger partial charge in [-0.05, 0) is 24.3 Å². The molecule has 216 valence electrons. The molecule has 3 heterocycles. The molecule has 1 fully saturated rings. The van der Waals surface area contributed by atoms with Gasteiger partial charge < -0.3 is 35.0 Å². The van der Waals surface area contributed by atoms with Crippen LogP contribution in [-0.4, -0.2) is 125 Å². The van der Waals surface area contributed by atoms with Gasteiger partial charge in [0.25, 0.3) is 0 Å². The SMILES string of the molecule is CC(=O)Nc1ccc2ccc(CN3CCN(CC(=O)[O-])CCN(CC(=O)[O-])CCN(CC(=O)[O-])CC3)nc2n1.[Eu+3]. The van der Waals surface area contributed by atoms with E-state index in [-0.39, 0.29) is 101 Å². The largest absolute Gasteiger partial charge is 3.00 e. The van der Waals surface area contributed by atoms with Gasteiger partial charge in [0.05, 0.1) is 23.6 Å². The first kappa shape index (κ1) is 34.1. The molecule has 1 N–H and O–H groups in total. The third-order valence-corrected chi connectivity index (χ3v) is 6.29. The summed E-state index contributed by atoms with van der Waals surface area (Å²) in [6.45, 7) is 3.45. The summed E-state index contributed by atoms with van der Waals surface area (Å²) in [6, 6.07) is 7.22. The van der Waals surface area contributed by atoms with E-state index in [1.165, 1.54) is 6.92 Å². The van der Waals surface area contributed by atoms with Crippen LogP contribution in [0.25, 0.3) is 11.0 Å². The average Bonchev–Trinajstić information content (AvgIpc) is 2.84. The molecule has 0 spiro atoms. The molecule has 3 rings (SSSR count). The van der Waals surface area contributed by atoms with Crippen molar-refractivity contribution < 1.29 is 83.9 Å². The summed E-state index contributed by atoms with van der Waals surface area (Å²) >= 11 is 0. The Kier molecular flexibility index (Phi) is 14.5. The van der Waals surface area contributed by atoms with Crippen molar-refractivity contribution in [2.24, 2.45) is 0 Å². The van der Waals surface area contributed by atoms with Crippen LogP contribution in [0, 0.1) is 49.4 Å². The third kappa shape index (κ3) is 12.2. The van der Waals surface area contributed by atoms with Crippen LogP contribution in [0.5, 0.6) is 0 Å². The van der Waals surface area contributed by atoms with Crippen LogP contribution in [-0.2, 0) is 25.7 Å². The van der Waals surface area contributed by atoms with E-state index in [4.69, 9.17) is 0 Å². The van der Waals surface area contributed by atoms with Crippen molar-refractivity contribution in [3.8, 4) is 0 Å². The van der Waals surface area contributed by atoms with Gasteiger partial charge >= 0.3 is 49.4 Å². The second-order valence-corrected chi connectivity index (χ2v) is 9.45. The number of nitrogens with one attached hydrogen (secondary N) is 1. The number of amides is 1. The third-order valence-electron chi connectivity index (χ3n) is 6.29. The molecule has 14 nitrogen and oxygen atoms in total. The summed E-state index contributed by atoms with van der Waals surface area (Å²) in [5.41, 5.74) is 1.15. The van der Waals surface area contributed by atoms with E-state index in [0.29, 0.717) is 49.9 Å². The van der Waals surface area contributed by atoms with Gasteiger partial charge in [0.1, 0.15) is 5.82 Å². The van der Waals surface area contributed by atoms with E-state index in [2.05, 4.69) is 15.3 Å². The molecule has 0 unspecified atom stereocenters. The first-order chi connectivity index (χ1) is 18.6. The predicted octanol–water partition coefficient (Wildman–Crippen LogP) is -4.44. The normalized spacial score (nSPS) is 16.8. The number of rotatable bonds is 9. The molecule has 2 aromatic rings. The summed E-state index contributed by atoms with van der Waals surface area (Å²) in [5, 5.41) is 37.3. The van der Waals surface area contributed by atoms with Crippen molar-refractivity contribution in [1.82, 2.24) is 29.6 Å². The van der Waals surface area contributed by atoms with Crippen LogP contribution >= 0.6 is 0 Å². The minimum absolute atomic E-state index is 0. The van der Waals surface area contributed by atoms with E-state index >= 15 is 0 Å². The molecule has 0 aromatic carbocycles. The van der Waals surface area contributed by atoms with Gasteiger partial charge in [-0.25, -0.2) is 9.97 Å². The summed E-state index contributed by atoms with van der Waals surface area (Å²) in [4.78, 5) is 61.3. The topological polar surface area (TPSA) is 188 Å². The van der Waals surface area contributed by atoms with Gasteiger partial charge in [-0.2, -0.15) is 0 Å². The van der Waals surface area contributed by atoms with Crippen molar-refractivity contribution in [1.29, 1.82) is 0 Å². The zero-order valence-corrected chi connectivity index (χ0v) is 24.6. The summed E-state index contributed by atoms with van der Waals surface area (Å²) in [5.74, 6) is -3.61. The Morgan fingerprint density at radius 1 is 0.700 bits per heavy atom. The molecular weight excluding hydrogens is 662 g/mol. The van der Waals surface area contributed by atoms with Gasteiger partial charge in [-0.3, -0.25) is 24.4 Å². The minimum atomic E-state index is -1.27. The summed E-state index contributed by atoms with van der Waals surface area (Å²) < 4.78 is 0. The number of carbonyl (C=O) groups is 4. The number of hydrogen-bond acceptors (Lipinski definition) is 13. The second-order valence-electron chi connectivity index (χ2n) is 9.45. The van der Waals surface area contributed by atoms with Crippen LogP contribution in [0.4, 0.5) is 5.82 Å². The Labute approximate surface area is 272 Å². The second kappa shape index (κ2) is 17.0. The fourth-order valence-corrected chi connectivity index (χ4v) is 4.36. The molecule has 2 aromatic heterocycles. The van der Waals surface area contributed by atoms with Gasteiger partial charge in [-0.15, -0.1) is 0 Å². The van der Waals surface area contributed by atoms with E-state index in [9.17, 15) is 34.5 Å². The number of nitrogens with zero attached hydrogens (tertiary/aromatic N) is 6. The smallest absolute Gasteiger partial charge is 0.549 e. The van der Waals surface area contributed by atoms with Crippen LogP contribution in [0.15, 0.2) is 24.3 Å². The van der Waals surface area contributed by atoms with Crippen LogP contribution in [0.2, 0.25) is 0 Å². The molecule has 0 radical (unpaired) electrons. The minimum Gasteiger partial charge on any atom is -0.549 e. The van der Waals surface area contributed by atoms with Crippen molar-refractivity contribution in [3.05, 3.63) is 30.0 Å². The molecular formula is C25H32EuN7O7. The number of carbonyl (C=O) groups excluding carboxylic acids is 4. The first-order valence-corrected chi connectivity index (χ1v) is 12.6. The maximum atomic E-state index is 11.4. The van der Waals surface area contributed by atoms with E-state index in [1.807, 2.05) is 17.0 Å². The fourth-order valence-electron chi connectivity index (χ4n) is 4.36. The number of carboxylic acid groups (broad SMARTS) is 3. The Morgan fingerprint density at radius 2 is 1.12 bits per heavy atom. The Bertz CT molecular complexity index is 1150. The number of fused-ring (bicyclic) bond motifs is 1. The monoisotopic (exact) mass is 695 g/mol. The number of carboxylic acids is 3. The molecule has 40 heavy (non-hydrogen) atoms. The van der Waals surface area contributed by atoms with E-state index in [1.54, 1.807) is 26.8 Å². The van der Waals surface area contributed by atoms with Gasteiger partial charge in [0.2, 0.25) is 5.91 Å². The molecule has 0 bridgehead atoms. The van der Waals surface area contributed by atoms with Crippen LogP contribution < -0.4 is 20.6 Å². The Balaban J connectivity index is 0.00000560. The molecule has 0 atom stereocenters. The van der Waals surface area contributed by atoms with Crippen LogP contribution in [0.1, 0.15) is 12.6 Å². The van der Waals surface area contributed by atoms with Crippen molar-refractivity contribution in [2.45, 2.75) is 13.5 Å². The Hall–Kier alpha value is -2.14. The summed E-state index contributed by atoms with van der Waals surface area (Å²) in [6.07, 6.45) is 0. The molecule has 1 aliphatic heterocycles. The number of aromatic nitrogens is 2. The van der Waals surface area contributed by atoms with E-state index in [0.717, 1.165) is 5.39 Å². The quantitative estimate of drug-likeness (QED) is 0.265. The van der Waals surface area contributed by atoms with E-state index < -0.39 is 17.9 Å². The van der Waals surface area contributed by atoms with Gasteiger partial charge in [-0.1, -0.05) is 0 Å². The molecule has 0 saturated carbocycles. The van der Waals surface area contributed by atoms with Gasteiger partial charge in [0, 0.05) is 90.8 Å². The number of anilines is 1. The molecule has 1 saturated heterocycles. The molecule has 0 aliphatic carbocycles. The maximum absolute atomic E-state index is 11.4. The van der Waals surface area contributed by atoms with Crippen molar-refractivity contribution in [2.75, 3.05) is 77.3 Å². The van der Waals surface area contributed by atoms with Crippen molar-refractivity contribution in [3.63, 3.8) is 0 Å². The van der Waals surface area contributed by atoms with Gasteiger partial charge in [0.15, 0.2) is 5.65 Å². The standard InChI is InChI=1S/C25H35N7O7.Eu/c1-18(33)26-21-5-3-19-2-4-20(27-25(19)28-21)14-29-6-8-30(15-22(34)35)10-12-32(17-24(38)39)13-11-31(9-7-29)16-23(36)37;/h2-5H,6-17H2,1H3,(H,34,35)(H,36,37)(H,38,39)(H,26,27,28,33);/q;+3/p-3.